The monoisotopic (exact) mass is 218 g/mol. The van der Waals surface area contributed by atoms with Crippen LogP contribution in [0.25, 0.3) is 0 Å². The Balaban J connectivity index is 2.83. The third kappa shape index (κ3) is 2.94. The zero-order valence-electron chi connectivity index (χ0n) is 10.8. The Morgan fingerprint density at radius 1 is 1.19 bits per heavy atom. The van der Waals surface area contributed by atoms with Crippen LogP contribution < -0.4 is 0 Å². The van der Waals surface area contributed by atoms with E-state index in [9.17, 15) is 4.79 Å². The second-order valence-electron chi connectivity index (χ2n) is 5.02. The molecule has 0 aromatic heterocycles. The number of aryl methyl sites for hydroxylation is 1. The Bertz CT molecular complexity index is 346. The van der Waals surface area contributed by atoms with Gasteiger partial charge >= 0.3 is 0 Å². The topological polar surface area (TPSA) is 17.1 Å². The van der Waals surface area contributed by atoms with Crippen molar-refractivity contribution in [3.63, 3.8) is 0 Å². The molecular formula is C15H22O. The van der Waals surface area contributed by atoms with Crippen molar-refractivity contribution in [2.75, 3.05) is 0 Å². The normalized spacial score (nSPS) is 11.5. The van der Waals surface area contributed by atoms with Gasteiger partial charge in [0.05, 0.1) is 0 Å². The molecule has 0 aliphatic carbocycles. The van der Waals surface area contributed by atoms with Gasteiger partial charge in [-0.05, 0) is 32.8 Å². The van der Waals surface area contributed by atoms with Gasteiger partial charge in [0.2, 0.25) is 0 Å². The lowest BCUT2D eigenvalue weighted by Crippen LogP contribution is -2.28. The summed E-state index contributed by atoms with van der Waals surface area (Å²) in [5, 5.41) is 0. The highest BCUT2D eigenvalue weighted by Gasteiger charge is 2.28. The van der Waals surface area contributed by atoms with Crippen molar-refractivity contribution in [2.45, 2.75) is 52.4 Å². The fourth-order valence-electron chi connectivity index (χ4n) is 1.78. The lowest BCUT2D eigenvalue weighted by atomic mass is 9.78. The van der Waals surface area contributed by atoms with Crippen LogP contribution in [0.15, 0.2) is 24.3 Å². The summed E-state index contributed by atoms with van der Waals surface area (Å²) in [6.07, 6.45) is 2.77. The number of hydrogen-bond donors (Lipinski definition) is 0. The molecule has 0 spiro atoms. The van der Waals surface area contributed by atoms with E-state index in [2.05, 4.69) is 38.1 Å². The van der Waals surface area contributed by atoms with Crippen molar-refractivity contribution in [1.29, 1.82) is 0 Å². The van der Waals surface area contributed by atoms with Gasteiger partial charge in [0.1, 0.15) is 5.78 Å². The summed E-state index contributed by atoms with van der Waals surface area (Å²) in [5.74, 6) is 0.346. The molecule has 0 fully saturated rings. The van der Waals surface area contributed by atoms with E-state index in [1.807, 2.05) is 13.8 Å². The highest BCUT2D eigenvalue weighted by atomic mass is 16.1. The molecule has 0 radical (unpaired) electrons. The van der Waals surface area contributed by atoms with Gasteiger partial charge < -0.3 is 0 Å². The van der Waals surface area contributed by atoms with Gasteiger partial charge in [0.15, 0.2) is 0 Å². The molecular weight excluding hydrogens is 196 g/mol. The summed E-state index contributed by atoms with van der Waals surface area (Å²) in [6, 6.07) is 8.28. The number of unbranched alkanes of at least 4 members (excludes halogenated alkanes) is 1. The van der Waals surface area contributed by atoms with Crippen LogP contribution in [0.3, 0.4) is 0 Å². The molecule has 1 heteroatoms. The zero-order valence-corrected chi connectivity index (χ0v) is 10.8. The van der Waals surface area contributed by atoms with Crippen molar-refractivity contribution in [2.24, 2.45) is 0 Å². The number of benzene rings is 1. The first kappa shape index (κ1) is 13.0. The molecule has 0 heterocycles. The van der Waals surface area contributed by atoms with E-state index in [1.165, 1.54) is 5.56 Å². The van der Waals surface area contributed by atoms with E-state index >= 15 is 0 Å². The molecule has 0 saturated carbocycles. The number of carbonyl (C=O) groups excluding carboxylic acids is 1. The maximum absolute atomic E-state index is 12.1. The van der Waals surface area contributed by atoms with E-state index in [0.717, 1.165) is 18.4 Å². The largest absolute Gasteiger partial charge is 0.299 e. The molecule has 0 aliphatic heterocycles. The van der Waals surface area contributed by atoms with Crippen LogP contribution in [0.5, 0.6) is 0 Å². The molecule has 1 aromatic carbocycles. The zero-order chi connectivity index (χ0) is 12.2. The highest BCUT2D eigenvalue weighted by Crippen LogP contribution is 2.26. The van der Waals surface area contributed by atoms with Crippen molar-refractivity contribution < 1.29 is 4.79 Å². The van der Waals surface area contributed by atoms with E-state index in [1.54, 1.807) is 0 Å². The molecule has 0 aliphatic rings. The molecule has 0 saturated heterocycles. The molecule has 0 bridgehead atoms. The lowest BCUT2D eigenvalue weighted by molar-refractivity contribution is -0.123. The predicted octanol–water partition coefficient (Wildman–Crippen LogP) is 4.03. The van der Waals surface area contributed by atoms with Crippen LogP contribution in [0.2, 0.25) is 0 Å². The van der Waals surface area contributed by atoms with Crippen LogP contribution in [-0.2, 0) is 10.2 Å². The van der Waals surface area contributed by atoms with E-state index in [4.69, 9.17) is 0 Å². The first-order valence-electron chi connectivity index (χ1n) is 6.09. The molecule has 0 atom stereocenters. The maximum Gasteiger partial charge on any atom is 0.142 e. The van der Waals surface area contributed by atoms with E-state index in [0.29, 0.717) is 12.2 Å². The summed E-state index contributed by atoms with van der Waals surface area (Å²) < 4.78 is 0. The lowest BCUT2D eigenvalue weighted by Gasteiger charge is -2.23. The van der Waals surface area contributed by atoms with Crippen LogP contribution >= 0.6 is 0 Å². The number of carbonyl (C=O) groups is 1. The Kier molecular flexibility index (Phi) is 4.28. The van der Waals surface area contributed by atoms with Crippen LogP contribution in [0.1, 0.15) is 51.2 Å². The van der Waals surface area contributed by atoms with Gasteiger partial charge in [-0.15, -0.1) is 0 Å². The average molecular weight is 218 g/mol. The Hall–Kier alpha value is -1.11. The molecule has 1 aromatic rings. The fraction of sp³-hybridized carbons (Fsp3) is 0.533. The molecule has 0 unspecified atom stereocenters. The first-order chi connectivity index (χ1) is 7.48. The minimum atomic E-state index is -0.344. The molecule has 1 nitrogen and oxygen atoms in total. The summed E-state index contributed by atoms with van der Waals surface area (Å²) in [4.78, 5) is 12.1. The number of ketones is 1. The SMILES string of the molecule is CCCCC(=O)C(C)(C)c1ccc(C)cc1. The minimum Gasteiger partial charge on any atom is -0.299 e. The van der Waals surface area contributed by atoms with Crippen LogP contribution in [0, 0.1) is 6.92 Å². The van der Waals surface area contributed by atoms with Gasteiger partial charge in [-0.25, -0.2) is 0 Å². The van der Waals surface area contributed by atoms with Crippen LogP contribution in [0.4, 0.5) is 0 Å². The smallest absolute Gasteiger partial charge is 0.142 e. The third-order valence-corrected chi connectivity index (χ3v) is 3.23. The van der Waals surface area contributed by atoms with Gasteiger partial charge in [-0.3, -0.25) is 4.79 Å². The molecule has 88 valence electrons. The third-order valence-electron chi connectivity index (χ3n) is 3.23. The van der Waals surface area contributed by atoms with Gasteiger partial charge in [-0.2, -0.15) is 0 Å². The van der Waals surface area contributed by atoms with Gasteiger partial charge in [-0.1, -0.05) is 43.2 Å². The highest BCUT2D eigenvalue weighted by molar-refractivity contribution is 5.89. The predicted molar refractivity (Wildman–Crippen MR) is 68.7 cm³/mol. The van der Waals surface area contributed by atoms with Gasteiger partial charge in [0, 0.05) is 11.8 Å². The van der Waals surface area contributed by atoms with Crippen molar-refractivity contribution >= 4 is 5.78 Å². The van der Waals surface area contributed by atoms with Gasteiger partial charge in [0.25, 0.3) is 0 Å². The van der Waals surface area contributed by atoms with E-state index < -0.39 is 0 Å². The quantitative estimate of drug-likeness (QED) is 0.729. The number of rotatable bonds is 5. The Morgan fingerprint density at radius 3 is 2.25 bits per heavy atom. The summed E-state index contributed by atoms with van der Waals surface area (Å²) >= 11 is 0. The van der Waals surface area contributed by atoms with Crippen molar-refractivity contribution in [3.05, 3.63) is 35.4 Å². The molecule has 1 rings (SSSR count). The second-order valence-corrected chi connectivity index (χ2v) is 5.02. The first-order valence-corrected chi connectivity index (χ1v) is 6.09. The summed E-state index contributed by atoms with van der Waals surface area (Å²) in [7, 11) is 0. The standard InChI is InChI=1S/C15H22O/c1-5-6-7-14(16)15(3,4)13-10-8-12(2)9-11-13/h8-11H,5-7H2,1-4H3. The van der Waals surface area contributed by atoms with Crippen molar-refractivity contribution in [3.8, 4) is 0 Å². The molecule has 16 heavy (non-hydrogen) atoms. The maximum atomic E-state index is 12.1. The fourth-order valence-corrected chi connectivity index (χ4v) is 1.78. The summed E-state index contributed by atoms with van der Waals surface area (Å²) in [5.41, 5.74) is 2.02. The molecule has 0 N–H and O–H groups in total. The van der Waals surface area contributed by atoms with Crippen molar-refractivity contribution in [1.82, 2.24) is 0 Å². The van der Waals surface area contributed by atoms with E-state index in [-0.39, 0.29) is 5.41 Å². The number of hydrogen-bond acceptors (Lipinski definition) is 1. The summed E-state index contributed by atoms with van der Waals surface area (Å²) in [6.45, 7) is 8.23. The van der Waals surface area contributed by atoms with Crippen LogP contribution in [-0.4, -0.2) is 5.78 Å². The average Bonchev–Trinajstić information content (AvgIpc) is 2.26. The Labute approximate surface area is 98.9 Å². The number of Topliss-reactive ketones (excluding diaryl/α,β-unsaturated/α-hetero) is 1. The molecule has 0 amide bonds. The Morgan fingerprint density at radius 2 is 1.75 bits per heavy atom. The minimum absolute atomic E-state index is 0.344. The second kappa shape index (κ2) is 5.29.